The molecular formula is C26H36Cl2N4O2. The number of benzene rings is 1. The summed E-state index contributed by atoms with van der Waals surface area (Å²) < 4.78 is 5.16. The van der Waals surface area contributed by atoms with Gasteiger partial charge < -0.3 is 9.64 Å². The molecule has 6 nitrogen and oxygen atoms in total. The molecule has 2 fully saturated rings. The fourth-order valence-corrected chi connectivity index (χ4v) is 4.66. The quantitative estimate of drug-likeness (QED) is 0.540. The molecule has 34 heavy (non-hydrogen) atoms. The third kappa shape index (κ3) is 8.51. The van der Waals surface area contributed by atoms with Crippen LogP contribution in [-0.4, -0.2) is 80.2 Å². The molecule has 0 aliphatic carbocycles. The average Bonchev–Trinajstić information content (AvgIpc) is 2.86. The topological polar surface area (TPSA) is 48.9 Å². The first-order chi connectivity index (χ1) is 16.5. The lowest BCUT2D eigenvalue weighted by molar-refractivity contribution is -0.120. The fourth-order valence-electron chi connectivity index (χ4n) is 4.31. The Balaban J connectivity index is 0.000000302. The number of methoxy groups -OCH3 is 1. The van der Waals surface area contributed by atoms with Gasteiger partial charge in [0.25, 0.3) is 0 Å². The number of piperazine rings is 1. The van der Waals surface area contributed by atoms with Crippen molar-refractivity contribution in [2.75, 3.05) is 64.4 Å². The van der Waals surface area contributed by atoms with Crippen LogP contribution in [-0.2, 0) is 9.53 Å². The van der Waals surface area contributed by atoms with Crippen LogP contribution in [0.2, 0.25) is 10.0 Å². The molecule has 0 bridgehead atoms. The van der Waals surface area contributed by atoms with Crippen LogP contribution in [0.4, 0.5) is 5.82 Å². The van der Waals surface area contributed by atoms with Crippen molar-refractivity contribution in [3.63, 3.8) is 0 Å². The number of piperidine rings is 1. The number of hydrogen-bond donors (Lipinski definition) is 0. The number of nitrogens with zero attached hydrogens (tertiary/aromatic N) is 4. The molecule has 1 aromatic carbocycles. The number of anilines is 1. The highest BCUT2D eigenvalue weighted by atomic mass is 35.5. The zero-order valence-electron chi connectivity index (χ0n) is 20.3. The summed E-state index contributed by atoms with van der Waals surface area (Å²) in [5.41, 5.74) is 1.13. The Hall–Kier alpha value is -1.70. The summed E-state index contributed by atoms with van der Waals surface area (Å²) in [6, 6.07) is 11.3. The number of aryl methyl sites for hydroxylation is 1. The number of aromatic nitrogens is 1. The van der Waals surface area contributed by atoms with E-state index in [4.69, 9.17) is 27.9 Å². The summed E-state index contributed by atoms with van der Waals surface area (Å²) in [5, 5.41) is 1.24. The van der Waals surface area contributed by atoms with Crippen LogP contribution >= 0.6 is 23.2 Å². The van der Waals surface area contributed by atoms with E-state index in [9.17, 15) is 4.79 Å². The minimum atomic E-state index is 0.210. The molecule has 3 heterocycles. The molecule has 0 spiro atoms. The van der Waals surface area contributed by atoms with Crippen LogP contribution in [0.1, 0.15) is 24.8 Å². The molecule has 4 rings (SSSR count). The van der Waals surface area contributed by atoms with E-state index >= 15 is 0 Å². The molecule has 8 heteroatoms. The van der Waals surface area contributed by atoms with Gasteiger partial charge in [-0.3, -0.25) is 14.6 Å². The maximum atomic E-state index is 12.2. The lowest BCUT2D eigenvalue weighted by atomic mass is 9.94. The predicted octanol–water partition coefficient (Wildman–Crippen LogP) is 4.78. The van der Waals surface area contributed by atoms with Crippen molar-refractivity contribution in [2.45, 2.75) is 26.2 Å². The first-order valence-corrected chi connectivity index (χ1v) is 12.8. The van der Waals surface area contributed by atoms with Gasteiger partial charge in [0, 0.05) is 59.0 Å². The van der Waals surface area contributed by atoms with Gasteiger partial charge in [-0.15, -0.1) is 0 Å². The molecule has 1 amide bonds. The van der Waals surface area contributed by atoms with Crippen molar-refractivity contribution >= 4 is 34.9 Å². The monoisotopic (exact) mass is 506 g/mol. The number of halogens is 2. The minimum absolute atomic E-state index is 0.210. The van der Waals surface area contributed by atoms with Gasteiger partial charge in [-0.05, 0) is 62.1 Å². The van der Waals surface area contributed by atoms with E-state index in [0.29, 0.717) is 22.4 Å². The van der Waals surface area contributed by atoms with E-state index in [1.807, 2.05) is 42.2 Å². The summed E-state index contributed by atoms with van der Waals surface area (Å²) in [5.74, 6) is 1.58. The van der Waals surface area contributed by atoms with Gasteiger partial charge in [0.2, 0.25) is 5.91 Å². The zero-order chi connectivity index (χ0) is 24.3. The SMILES string of the molecule is COCCN1CCN(CCC2CCC(=O)N(c3ccccn3)C2)CC1.Cc1ccc(Cl)c(Cl)c1. The maximum absolute atomic E-state index is 12.2. The highest BCUT2D eigenvalue weighted by Crippen LogP contribution is 2.25. The van der Waals surface area contributed by atoms with Crippen LogP contribution in [0.3, 0.4) is 0 Å². The zero-order valence-corrected chi connectivity index (χ0v) is 21.8. The van der Waals surface area contributed by atoms with Crippen molar-refractivity contribution in [1.82, 2.24) is 14.8 Å². The summed E-state index contributed by atoms with van der Waals surface area (Å²) in [7, 11) is 1.76. The number of pyridine rings is 1. The van der Waals surface area contributed by atoms with Crippen LogP contribution in [0.5, 0.6) is 0 Å². The molecule has 1 aromatic heterocycles. The van der Waals surface area contributed by atoms with E-state index in [1.54, 1.807) is 19.4 Å². The van der Waals surface area contributed by atoms with Gasteiger partial charge in [0.15, 0.2) is 0 Å². The standard InChI is InChI=1S/C19H30N4O2.C7H6Cl2/c1-25-15-14-22-12-10-21(11-13-22)9-7-17-5-6-19(24)23(16-17)18-4-2-3-8-20-18;1-5-2-3-6(8)7(9)4-5/h2-4,8,17H,5-7,9-16H2,1H3;2-4H,1H3. The Morgan fingerprint density at radius 1 is 1.03 bits per heavy atom. The summed E-state index contributed by atoms with van der Waals surface area (Å²) >= 11 is 11.3. The molecule has 0 N–H and O–H groups in total. The van der Waals surface area contributed by atoms with Crippen molar-refractivity contribution in [3.8, 4) is 0 Å². The van der Waals surface area contributed by atoms with Gasteiger partial charge in [-0.2, -0.15) is 0 Å². The molecular weight excluding hydrogens is 471 g/mol. The lowest BCUT2D eigenvalue weighted by Crippen LogP contribution is -2.48. The number of hydrogen-bond acceptors (Lipinski definition) is 5. The van der Waals surface area contributed by atoms with Gasteiger partial charge in [0.1, 0.15) is 5.82 Å². The van der Waals surface area contributed by atoms with Crippen molar-refractivity contribution in [1.29, 1.82) is 0 Å². The van der Waals surface area contributed by atoms with Crippen LogP contribution in [0.25, 0.3) is 0 Å². The Morgan fingerprint density at radius 3 is 2.38 bits per heavy atom. The van der Waals surface area contributed by atoms with Crippen LogP contribution < -0.4 is 4.90 Å². The van der Waals surface area contributed by atoms with E-state index < -0.39 is 0 Å². The molecule has 2 aliphatic heterocycles. The molecule has 2 aromatic rings. The minimum Gasteiger partial charge on any atom is -0.383 e. The van der Waals surface area contributed by atoms with E-state index in [0.717, 1.165) is 76.6 Å². The molecule has 0 saturated carbocycles. The summed E-state index contributed by atoms with van der Waals surface area (Å²) in [6.07, 6.45) is 4.58. The van der Waals surface area contributed by atoms with Crippen LogP contribution in [0.15, 0.2) is 42.6 Å². The molecule has 2 saturated heterocycles. The Bertz CT molecular complexity index is 892. The number of rotatable bonds is 7. The fraction of sp³-hybridized carbons (Fsp3) is 0.538. The second kappa shape index (κ2) is 14.0. The molecule has 186 valence electrons. The molecule has 2 aliphatic rings. The Labute approximate surface area is 213 Å². The first kappa shape index (κ1) is 26.9. The number of carbonyl (C=O) groups excluding carboxylic acids is 1. The summed E-state index contributed by atoms with van der Waals surface area (Å²) in [6.45, 7) is 10.3. The third-order valence-corrected chi connectivity index (χ3v) is 7.18. The maximum Gasteiger partial charge on any atom is 0.228 e. The van der Waals surface area contributed by atoms with Crippen molar-refractivity contribution in [2.24, 2.45) is 5.92 Å². The Morgan fingerprint density at radius 2 is 1.76 bits per heavy atom. The van der Waals surface area contributed by atoms with Gasteiger partial charge >= 0.3 is 0 Å². The summed E-state index contributed by atoms with van der Waals surface area (Å²) in [4.78, 5) is 23.5. The number of carbonyl (C=O) groups is 1. The smallest absolute Gasteiger partial charge is 0.228 e. The molecule has 1 unspecified atom stereocenters. The van der Waals surface area contributed by atoms with Crippen LogP contribution in [0, 0.1) is 12.8 Å². The number of amides is 1. The molecule has 0 radical (unpaired) electrons. The first-order valence-electron chi connectivity index (χ1n) is 12.0. The third-order valence-electron chi connectivity index (χ3n) is 6.44. The normalized spacial score (nSPS) is 19.6. The second-order valence-corrected chi connectivity index (χ2v) is 9.79. The molecule has 1 atom stereocenters. The lowest BCUT2D eigenvalue weighted by Gasteiger charge is -2.36. The number of ether oxygens (including phenoxy) is 1. The second-order valence-electron chi connectivity index (χ2n) is 8.98. The van der Waals surface area contributed by atoms with Gasteiger partial charge in [0.05, 0.1) is 16.7 Å². The highest BCUT2D eigenvalue weighted by Gasteiger charge is 2.28. The van der Waals surface area contributed by atoms with Gasteiger partial charge in [-0.25, -0.2) is 4.98 Å². The highest BCUT2D eigenvalue weighted by molar-refractivity contribution is 6.42. The van der Waals surface area contributed by atoms with E-state index in [2.05, 4.69) is 14.8 Å². The average molecular weight is 508 g/mol. The van der Waals surface area contributed by atoms with Gasteiger partial charge in [-0.1, -0.05) is 35.3 Å². The van der Waals surface area contributed by atoms with E-state index in [-0.39, 0.29) is 5.91 Å². The Kier molecular flexibility index (Phi) is 11.1. The van der Waals surface area contributed by atoms with E-state index in [1.165, 1.54) is 0 Å². The van der Waals surface area contributed by atoms with Crippen molar-refractivity contribution < 1.29 is 9.53 Å². The predicted molar refractivity (Wildman–Crippen MR) is 140 cm³/mol. The largest absolute Gasteiger partial charge is 0.383 e. The van der Waals surface area contributed by atoms with Crippen molar-refractivity contribution in [3.05, 3.63) is 58.2 Å².